The summed E-state index contributed by atoms with van der Waals surface area (Å²) in [5.74, 6) is -0.742. The quantitative estimate of drug-likeness (QED) is 0.471. The van der Waals surface area contributed by atoms with E-state index in [1.807, 2.05) is 30.5 Å². The molecule has 0 aliphatic carbocycles. The van der Waals surface area contributed by atoms with Crippen LogP contribution in [-0.4, -0.2) is 33.5 Å². The van der Waals surface area contributed by atoms with E-state index in [2.05, 4.69) is 64.5 Å². The molecule has 1 aliphatic rings. The van der Waals surface area contributed by atoms with Gasteiger partial charge in [0.25, 0.3) is 0 Å². The van der Waals surface area contributed by atoms with E-state index in [0.717, 1.165) is 40.4 Å². The second-order valence-corrected chi connectivity index (χ2v) is 8.11. The van der Waals surface area contributed by atoms with Crippen molar-refractivity contribution < 1.29 is 9.90 Å². The first-order chi connectivity index (χ1) is 15.2. The maximum atomic E-state index is 12.0. The Morgan fingerprint density at radius 2 is 1.65 bits per heavy atom. The minimum atomic E-state index is -0.742. The van der Waals surface area contributed by atoms with Crippen LogP contribution in [0.5, 0.6) is 0 Å². The minimum absolute atomic E-state index is 0.106. The third-order valence-electron chi connectivity index (χ3n) is 6.22. The van der Waals surface area contributed by atoms with Crippen molar-refractivity contribution in [3.05, 3.63) is 102 Å². The van der Waals surface area contributed by atoms with Crippen molar-refractivity contribution in [2.24, 2.45) is 0 Å². The van der Waals surface area contributed by atoms with Crippen molar-refractivity contribution in [3.63, 3.8) is 0 Å². The molecule has 1 N–H and O–H groups in total. The Morgan fingerprint density at radius 3 is 2.42 bits per heavy atom. The van der Waals surface area contributed by atoms with Gasteiger partial charge in [-0.05, 0) is 52.6 Å². The fourth-order valence-electron chi connectivity index (χ4n) is 4.70. The van der Waals surface area contributed by atoms with Gasteiger partial charge in [0, 0.05) is 24.3 Å². The number of nitrogens with zero attached hydrogens (tertiary/aromatic N) is 2. The normalized spacial score (nSPS) is 17.6. The number of fused-ring (bicyclic) bond motifs is 1. The van der Waals surface area contributed by atoms with E-state index in [1.54, 1.807) is 6.20 Å². The SMILES string of the molecule is O=C(O)C1CCCN1C(c1ccc(-c2ccccc2)cc1)c1ccc2cnccc2c1. The average molecular weight is 409 g/mol. The highest BCUT2D eigenvalue weighted by Gasteiger charge is 2.36. The van der Waals surface area contributed by atoms with Crippen LogP contribution in [0, 0.1) is 0 Å². The molecule has 3 aromatic carbocycles. The summed E-state index contributed by atoms with van der Waals surface area (Å²) in [4.78, 5) is 18.3. The molecule has 2 atom stereocenters. The summed E-state index contributed by atoms with van der Waals surface area (Å²) in [6.07, 6.45) is 5.24. The molecule has 0 bridgehead atoms. The Morgan fingerprint density at radius 1 is 0.903 bits per heavy atom. The predicted octanol–water partition coefficient (Wildman–Crippen LogP) is 5.54. The number of carbonyl (C=O) groups is 1. The Kier molecular flexibility index (Phi) is 5.23. The number of carboxylic acids is 1. The van der Waals surface area contributed by atoms with Crippen LogP contribution < -0.4 is 0 Å². The first-order valence-electron chi connectivity index (χ1n) is 10.7. The molecular formula is C27H24N2O2. The summed E-state index contributed by atoms with van der Waals surface area (Å²) in [6, 6.07) is 26.6. The lowest BCUT2D eigenvalue weighted by Gasteiger charge is -2.32. The van der Waals surface area contributed by atoms with Gasteiger partial charge in [-0.3, -0.25) is 14.7 Å². The van der Waals surface area contributed by atoms with Crippen molar-refractivity contribution in [2.45, 2.75) is 24.9 Å². The number of benzene rings is 3. The van der Waals surface area contributed by atoms with Crippen molar-refractivity contribution in [3.8, 4) is 11.1 Å². The molecule has 2 heterocycles. The monoisotopic (exact) mass is 408 g/mol. The zero-order valence-electron chi connectivity index (χ0n) is 17.2. The van der Waals surface area contributed by atoms with Crippen molar-refractivity contribution >= 4 is 16.7 Å². The molecule has 1 aliphatic heterocycles. The topological polar surface area (TPSA) is 53.4 Å². The highest BCUT2D eigenvalue weighted by molar-refractivity contribution is 5.82. The van der Waals surface area contributed by atoms with Crippen LogP contribution in [0.25, 0.3) is 21.9 Å². The molecule has 5 rings (SSSR count). The van der Waals surface area contributed by atoms with Gasteiger partial charge in [-0.15, -0.1) is 0 Å². The van der Waals surface area contributed by atoms with Gasteiger partial charge in [0.2, 0.25) is 0 Å². The fraction of sp³-hybridized carbons (Fsp3) is 0.185. The minimum Gasteiger partial charge on any atom is -0.480 e. The van der Waals surface area contributed by atoms with E-state index >= 15 is 0 Å². The lowest BCUT2D eigenvalue weighted by atomic mass is 9.93. The molecule has 2 unspecified atom stereocenters. The number of pyridine rings is 1. The Labute approximate surface area is 181 Å². The highest BCUT2D eigenvalue weighted by atomic mass is 16.4. The van der Waals surface area contributed by atoms with Crippen LogP contribution in [-0.2, 0) is 4.79 Å². The van der Waals surface area contributed by atoms with Gasteiger partial charge in [0.1, 0.15) is 6.04 Å². The number of aliphatic carboxylic acids is 1. The van der Waals surface area contributed by atoms with Gasteiger partial charge in [0.15, 0.2) is 0 Å². The van der Waals surface area contributed by atoms with Gasteiger partial charge in [-0.25, -0.2) is 0 Å². The zero-order valence-corrected chi connectivity index (χ0v) is 17.2. The van der Waals surface area contributed by atoms with Crippen LogP contribution in [0.15, 0.2) is 91.3 Å². The molecule has 4 heteroatoms. The lowest BCUT2D eigenvalue weighted by molar-refractivity contribution is -0.142. The van der Waals surface area contributed by atoms with Crippen LogP contribution in [0.4, 0.5) is 0 Å². The van der Waals surface area contributed by atoms with Crippen molar-refractivity contribution in [2.75, 3.05) is 6.54 Å². The largest absolute Gasteiger partial charge is 0.480 e. The molecular weight excluding hydrogens is 384 g/mol. The molecule has 0 spiro atoms. The summed E-state index contributed by atoms with van der Waals surface area (Å²) >= 11 is 0. The van der Waals surface area contributed by atoms with Crippen molar-refractivity contribution in [1.82, 2.24) is 9.88 Å². The molecule has 0 amide bonds. The Hall–Kier alpha value is -3.50. The van der Waals surface area contributed by atoms with E-state index in [9.17, 15) is 9.90 Å². The third-order valence-corrected chi connectivity index (χ3v) is 6.22. The van der Waals surface area contributed by atoms with E-state index in [-0.39, 0.29) is 6.04 Å². The first-order valence-corrected chi connectivity index (χ1v) is 10.7. The summed E-state index contributed by atoms with van der Waals surface area (Å²) in [5.41, 5.74) is 4.55. The summed E-state index contributed by atoms with van der Waals surface area (Å²) < 4.78 is 0. The number of carboxylic acid groups (broad SMARTS) is 1. The van der Waals surface area contributed by atoms with Crippen LogP contribution >= 0.6 is 0 Å². The summed E-state index contributed by atoms with van der Waals surface area (Å²) in [5, 5.41) is 12.0. The molecule has 0 radical (unpaired) electrons. The predicted molar refractivity (Wildman–Crippen MR) is 123 cm³/mol. The average Bonchev–Trinajstić information content (AvgIpc) is 3.30. The maximum absolute atomic E-state index is 12.0. The van der Waals surface area contributed by atoms with Gasteiger partial charge in [0.05, 0.1) is 6.04 Å². The molecule has 154 valence electrons. The fourth-order valence-corrected chi connectivity index (χ4v) is 4.70. The van der Waals surface area contributed by atoms with Gasteiger partial charge in [-0.1, -0.05) is 66.7 Å². The van der Waals surface area contributed by atoms with E-state index in [4.69, 9.17) is 0 Å². The van der Waals surface area contributed by atoms with E-state index < -0.39 is 12.0 Å². The summed E-state index contributed by atoms with van der Waals surface area (Å²) in [7, 11) is 0. The number of likely N-dealkylation sites (tertiary alicyclic amines) is 1. The van der Waals surface area contributed by atoms with Crippen molar-refractivity contribution in [1.29, 1.82) is 0 Å². The standard InChI is InChI=1S/C27H24N2O2/c30-27(31)25-7-4-16-29(25)26(23-12-13-24-18-28-15-14-22(24)17-23)21-10-8-20(9-11-21)19-5-2-1-3-6-19/h1-3,5-6,8-15,17-18,25-26H,4,7,16H2,(H,30,31). The third kappa shape index (κ3) is 3.82. The van der Waals surface area contributed by atoms with Gasteiger partial charge >= 0.3 is 5.97 Å². The van der Waals surface area contributed by atoms with Crippen LogP contribution in [0.1, 0.15) is 30.0 Å². The highest BCUT2D eigenvalue weighted by Crippen LogP contribution is 2.36. The number of hydrogen-bond acceptors (Lipinski definition) is 3. The molecule has 0 saturated carbocycles. The Bertz CT molecular complexity index is 1200. The molecule has 4 aromatic rings. The van der Waals surface area contributed by atoms with Crippen LogP contribution in [0.3, 0.4) is 0 Å². The van der Waals surface area contributed by atoms with E-state index in [1.165, 1.54) is 5.56 Å². The van der Waals surface area contributed by atoms with Crippen LogP contribution in [0.2, 0.25) is 0 Å². The smallest absolute Gasteiger partial charge is 0.320 e. The second-order valence-electron chi connectivity index (χ2n) is 8.11. The first kappa shape index (κ1) is 19.5. The molecule has 31 heavy (non-hydrogen) atoms. The number of rotatable bonds is 5. The second kappa shape index (κ2) is 8.32. The summed E-state index contributed by atoms with van der Waals surface area (Å²) in [6.45, 7) is 0.774. The molecule has 1 saturated heterocycles. The Balaban J connectivity index is 1.59. The number of aromatic nitrogens is 1. The van der Waals surface area contributed by atoms with Gasteiger partial charge in [-0.2, -0.15) is 0 Å². The lowest BCUT2D eigenvalue weighted by Crippen LogP contribution is -2.39. The zero-order chi connectivity index (χ0) is 21.2. The molecule has 1 aromatic heterocycles. The van der Waals surface area contributed by atoms with Gasteiger partial charge < -0.3 is 5.11 Å². The number of hydrogen-bond donors (Lipinski definition) is 1. The molecule has 4 nitrogen and oxygen atoms in total. The maximum Gasteiger partial charge on any atom is 0.320 e. The molecule has 1 fully saturated rings. The van der Waals surface area contributed by atoms with E-state index in [0.29, 0.717) is 6.42 Å².